The number of aromatic nitrogens is 3. The Morgan fingerprint density at radius 3 is 2.56 bits per heavy atom. The minimum Gasteiger partial charge on any atom is -0.493 e. The van der Waals surface area contributed by atoms with E-state index in [2.05, 4.69) is 11.6 Å². The molecule has 0 aliphatic carbocycles. The van der Waals surface area contributed by atoms with Crippen molar-refractivity contribution in [3.8, 4) is 28.5 Å². The second-order valence-corrected chi connectivity index (χ2v) is 8.36. The minimum atomic E-state index is -0.817. The molecule has 1 aromatic heterocycles. The van der Waals surface area contributed by atoms with Gasteiger partial charge in [-0.05, 0) is 28.9 Å². The molecule has 1 amide bonds. The number of carbonyl (C=O) groups excluding carboxylic acids is 1. The van der Waals surface area contributed by atoms with E-state index >= 15 is 0 Å². The number of carbonyl (C=O) groups is 1. The lowest BCUT2D eigenvalue weighted by atomic mass is 10.0. The number of anilines is 1. The summed E-state index contributed by atoms with van der Waals surface area (Å²) < 4.78 is 18.3. The number of H-pyrrole nitrogens is 1. The van der Waals surface area contributed by atoms with Gasteiger partial charge in [-0.1, -0.05) is 30.0 Å². The lowest BCUT2D eigenvalue weighted by Crippen LogP contribution is -2.60. The quantitative estimate of drug-likeness (QED) is 0.315. The first-order valence-electron chi connectivity index (χ1n) is 10.4. The van der Waals surface area contributed by atoms with Gasteiger partial charge in [-0.3, -0.25) is 14.6 Å². The Balaban J connectivity index is 2.09. The third kappa shape index (κ3) is 3.79. The second kappa shape index (κ2) is 9.60. The summed E-state index contributed by atoms with van der Waals surface area (Å²) in [7, 11) is 4.55. The highest BCUT2D eigenvalue weighted by molar-refractivity contribution is 7.99. The van der Waals surface area contributed by atoms with Crippen LogP contribution in [0.4, 0.5) is 5.69 Å². The number of nitrogens with one attached hydrogen (secondary N) is 1. The molecule has 0 saturated heterocycles. The molecule has 3 aromatic rings. The zero-order valence-corrected chi connectivity index (χ0v) is 20.1. The van der Waals surface area contributed by atoms with Gasteiger partial charge in [0.2, 0.25) is 16.8 Å². The van der Waals surface area contributed by atoms with Crippen molar-refractivity contribution < 1.29 is 23.7 Å². The summed E-state index contributed by atoms with van der Waals surface area (Å²) in [4.78, 5) is 30.8. The van der Waals surface area contributed by atoms with Crippen molar-refractivity contribution in [2.24, 2.45) is 0 Å². The highest BCUT2D eigenvalue weighted by atomic mass is 32.2. The maximum atomic E-state index is 13.3. The summed E-state index contributed by atoms with van der Waals surface area (Å²) >= 11 is 1.33. The van der Waals surface area contributed by atoms with Gasteiger partial charge in [0, 0.05) is 17.8 Å². The summed E-state index contributed by atoms with van der Waals surface area (Å²) in [5.41, 5.74) is 1.78. The van der Waals surface area contributed by atoms with Gasteiger partial charge in [-0.15, -0.1) is 6.58 Å². The summed E-state index contributed by atoms with van der Waals surface area (Å²) in [5, 5.41) is 5.13. The van der Waals surface area contributed by atoms with Crippen molar-refractivity contribution in [2.75, 3.05) is 32.0 Å². The van der Waals surface area contributed by atoms with Gasteiger partial charge in [-0.25, -0.2) is 4.90 Å². The van der Waals surface area contributed by atoms with E-state index in [1.807, 2.05) is 12.1 Å². The van der Waals surface area contributed by atoms with Crippen molar-refractivity contribution in [3.05, 3.63) is 65.0 Å². The van der Waals surface area contributed by atoms with Crippen LogP contribution in [0.2, 0.25) is 0 Å². The normalized spacial score (nSPS) is 14.1. The Labute approximate surface area is 201 Å². The van der Waals surface area contributed by atoms with Crippen LogP contribution in [0, 0.1) is 0 Å². The van der Waals surface area contributed by atoms with Crippen molar-refractivity contribution in [1.29, 1.82) is 0 Å². The van der Waals surface area contributed by atoms with Crippen LogP contribution in [0.15, 0.2) is 59.0 Å². The molecule has 1 N–H and O–H groups in total. The molecule has 0 radical (unpaired) electrons. The molecule has 1 aliphatic heterocycles. The number of para-hydroxylation sites is 1. The van der Waals surface area contributed by atoms with Gasteiger partial charge in [0.05, 0.1) is 38.1 Å². The molecule has 0 spiro atoms. The first-order valence-corrected chi connectivity index (χ1v) is 11.4. The van der Waals surface area contributed by atoms with Crippen LogP contribution in [-0.4, -0.2) is 43.1 Å². The number of fused-ring (bicyclic) bond motifs is 3. The first kappa shape index (κ1) is 23.4. The molecule has 1 unspecified atom stereocenters. The van der Waals surface area contributed by atoms with E-state index in [0.717, 1.165) is 0 Å². The summed E-state index contributed by atoms with van der Waals surface area (Å²) in [6.45, 7) is 5.20. The predicted molar refractivity (Wildman–Crippen MR) is 129 cm³/mol. The van der Waals surface area contributed by atoms with Gasteiger partial charge in [0.15, 0.2) is 11.5 Å². The Hall–Kier alpha value is -3.79. The number of hydrogen-bond donors (Lipinski definition) is 1. The fourth-order valence-corrected chi connectivity index (χ4v) is 4.71. The zero-order chi connectivity index (χ0) is 24.4. The van der Waals surface area contributed by atoms with Gasteiger partial charge in [0.25, 0.3) is 6.17 Å². The predicted octanol–water partition coefficient (Wildman–Crippen LogP) is 2.94. The molecule has 0 saturated carbocycles. The van der Waals surface area contributed by atoms with Crippen LogP contribution in [0.3, 0.4) is 0 Å². The van der Waals surface area contributed by atoms with Crippen molar-refractivity contribution in [1.82, 2.24) is 10.1 Å². The molecular weight excluding hydrogens is 456 g/mol. The Kier molecular flexibility index (Phi) is 6.60. The number of aromatic amines is 1. The Morgan fingerprint density at radius 2 is 1.91 bits per heavy atom. The van der Waals surface area contributed by atoms with Crippen molar-refractivity contribution in [3.63, 3.8) is 0 Å². The lowest BCUT2D eigenvalue weighted by molar-refractivity contribution is -0.763. The first-order chi connectivity index (χ1) is 16.5. The van der Waals surface area contributed by atoms with Crippen molar-refractivity contribution >= 4 is 23.4 Å². The number of methoxy groups -OCH3 is 3. The largest absolute Gasteiger partial charge is 0.493 e. The third-order valence-corrected chi connectivity index (χ3v) is 6.31. The maximum Gasteiger partial charge on any atom is 0.325 e. The topological polar surface area (TPSA) is 97.6 Å². The SMILES string of the molecule is C=CCSc1n[n+]2c(c(=O)[nH]1)-c1ccccc1N(C(C)=O)C2c1ccc(OC)c(OC)c1OC. The Bertz CT molecular complexity index is 1320. The zero-order valence-electron chi connectivity index (χ0n) is 19.3. The number of benzene rings is 2. The Morgan fingerprint density at radius 1 is 1.18 bits per heavy atom. The number of amides is 1. The number of hydrogen-bond acceptors (Lipinski definition) is 7. The summed E-state index contributed by atoms with van der Waals surface area (Å²) in [6, 6.07) is 10.8. The third-order valence-electron chi connectivity index (χ3n) is 5.45. The smallest absolute Gasteiger partial charge is 0.325 e. The van der Waals surface area contributed by atoms with E-state index in [4.69, 9.17) is 19.3 Å². The average Bonchev–Trinajstić information content (AvgIpc) is 2.85. The van der Waals surface area contributed by atoms with Gasteiger partial charge in [-0.2, -0.15) is 0 Å². The molecule has 0 fully saturated rings. The number of ether oxygens (including phenoxy) is 3. The molecule has 9 nitrogen and oxygen atoms in total. The molecule has 10 heteroatoms. The summed E-state index contributed by atoms with van der Waals surface area (Å²) in [6.07, 6.45) is 0.906. The van der Waals surface area contributed by atoms with E-state index < -0.39 is 6.17 Å². The van der Waals surface area contributed by atoms with Gasteiger partial charge < -0.3 is 14.2 Å². The van der Waals surface area contributed by atoms with Crippen LogP contribution in [0.25, 0.3) is 11.3 Å². The molecule has 4 rings (SSSR count). The van der Waals surface area contributed by atoms with Gasteiger partial charge in [0.1, 0.15) is 0 Å². The molecule has 34 heavy (non-hydrogen) atoms. The average molecular weight is 482 g/mol. The lowest BCUT2D eigenvalue weighted by Gasteiger charge is -2.32. The summed E-state index contributed by atoms with van der Waals surface area (Å²) in [5.74, 6) is 1.55. The number of rotatable bonds is 7. The minimum absolute atomic E-state index is 0.227. The molecular formula is C24H25N4O5S+. The molecule has 2 aromatic carbocycles. The molecule has 1 atom stereocenters. The number of thioether (sulfide) groups is 1. The van der Waals surface area contributed by atoms with Crippen LogP contribution >= 0.6 is 11.8 Å². The van der Waals surface area contributed by atoms with E-state index in [1.165, 1.54) is 40.0 Å². The molecule has 0 bridgehead atoms. The van der Waals surface area contributed by atoms with Crippen LogP contribution < -0.4 is 29.4 Å². The van der Waals surface area contributed by atoms with E-state index in [0.29, 0.717) is 50.7 Å². The fourth-order valence-electron chi connectivity index (χ4n) is 4.12. The molecule has 176 valence electrons. The molecule has 1 aliphatic rings. The highest BCUT2D eigenvalue weighted by Crippen LogP contribution is 2.45. The standard InChI is InChI=1S/C24H24N4O5S/c1-6-13-34-24-25-22(30)19-15-9-7-8-10-17(15)27(14(2)29)23(28(19)26-24)16-11-12-18(31-3)21(33-5)20(16)32-4/h6-12,23H,1,13H2,2-5H3/p+1. The highest BCUT2D eigenvalue weighted by Gasteiger charge is 2.46. The van der Waals surface area contributed by atoms with E-state index in [-0.39, 0.29) is 11.5 Å². The van der Waals surface area contributed by atoms with Crippen LogP contribution in [0.1, 0.15) is 18.7 Å². The maximum absolute atomic E-state index is 13.3. The van der Waals surface area contributed by atoms with Crippen molar-refractivity contribution in [2.45, 2.75) is 18.2 Å². The van der Waals surface area contributed by atoms with Crippen LogP contribution in [0.5, 0.6) is 17.2 Å². The monoisotopic (exact) mass is 481 g/mol. The van der Waals surface area contributed by atoms with Crippen LogP contribution in [-0.2, 0) is 4.79 Å². The van der Waals surface area contributed by atoms with E-state index in [1.54, 1.807) is 39.9 Å². The van der Waals surface area contributed by atoms with Gasteiger partial charge >= 0.3 is 11.3 Å². The molecule has 2 heterocycles. The second-order valence-electron chi connectivity index (χ2n) is 7.36. The fraction of sp³-hybridized carbons (Fsp3) is 0.250. The van der Waals surface area contributed by atoms with E-state index in [9.17, 15) is 9.59 Å². The number of nitrogens with zero attached hydrogens (tertiary/aromatic N) is 3.